The number of halogens is 3. The van der Waals surface area contributed by atoms with Crippen LogP contribution in [0.4, 0.5) is 18.9 Å². The van der Waals surface area contributed by atoms with Crippen molar-refractivity contribution < 1.29 is 18.0 Å². The van der Waals surface area contributed by atoms with Crippen molar-refractivity contribution in [3.05, 3.63) is 71.0 Å². The summed E-state index contributed by atoms with van der Waals surface area (Å²) in [5.41, 5.74) is 1.65. The highest BCUT2D eigenvalue weighted by molar-refractivity contribution is 6.03. The van der Waals surface area contributed by atoms with E-state index in [1.807, 2.05) is 24.3 Å². The van der Waals surface area contributed by atoms with E-state index in [1.165, 1.54) is 22.4 Å². The lowest BCUT2D eigenvalue weighted by Crippen LogP contribution is -2.15. The number of nitrogens with zero attached hydrogens (tertiary/aromatic N) is 3. The van der Waals surface area contributed by atoms with Gasteiger partial charge in [0.25, 0.3) is 5.91 Å². The Bertz CT molecular complexity index is 991. The van der Waals surface area contributed by atoms with Crippen LogP contribution in [0.1, 0.15) is 47.1 Å². The highest BCUT2D eigenvalue weighted by Crippen LogP contribution is 2.30. The molecule has 0 fully saturated rings. The number of amides is 1. The number of anilines is 1. The fourth-order valence-electron chi connectivity index (χ4n) is 2.75. The van der Waals surface area contributed by atoms with Gasteiger partial charge >= 0.3 is 6.18 Å². The van der Waals surface area contributed by atoms with Crippen molar-refractivity contribution in [2.75, 3.05) is 5.32 Å². The minimum Gasteiger partial charge on any atom is -0.321 e. The van der Waals surface area contributed by atoms with Crippen LogP contribution in [0.3, 0.4) is 0 Å². The average molecular weight is 388 g/mol. The molecule has 0 saturated carbocycles. The Morgan fingerprint density at radius 1 is 1.11 bits per heavy atom. The van der Waals surface area contributed by atoms with Crippen LogP contribution in [0.15, 0.2) is 48.5 Å². The van der Waals surface area contributed by atoms with Crippen LogP contribution in [0.25, 0.3) is 5.69 Å². The van der Waals surface area contributed by atoms with Crippen LogP contribution in [0.5, 0.6) is 0 Å². The molecule has 3 rings (SSSR count). The standard InChI is InChI=1S/C20H19F3N4O/c1-12(2)14-7-9-17(10-8-14)27-13(3)18(25-26-27)19(28)24-16-6-4-5-15(11-16)20(21,22)23/h4-12H,1-3H3,(H,24,28). The van der Waals surface area contributed by atoms with E-state index in [4.69, 9.17) is 0 Å². The van der Waals surface area contributed by atoms with E-state index < -0.39 is 17.6 Å². The molecule has 0 radical (unpaired) electrons. The van der Waals surface area contributed by atoms with Crippen molar-refractivity contribution in [3.63, 3.8) is 0 Å². The molecule has 0 spiro atoms. The number of hydrogen-bond acceptors (Lipinski definition) is 3. The van der Waals surface area contributed by atoms with E-state index in [0.717, 1.165) is 17.8 Å². The van der Waals surface area contributed by atoms with Gasteiger partial charge in [0.2, 0.25) is 0 Å². The molecule has 3 aromatic rings. The molecule has 0 aliphatic carbocycles. The first-order valence-corrected chi connectivity index (χ1v) is 8.68. The van der Waals surface area contributed by atoms with Crippen LogP contribution in [0, 0.1) is 6.92 Å². The van der Waals surface area contributed by atoms with E-state index in [1.54, 1.807) is 6.92 Å². The maximum atomic E-state index is 12.8. The second-order valence-corrected chi connectivity index (χ2v) is 6.71. The Balaban J connectivity index is 1.82. The fraction of sp³-hybridized carbons (Fsp3) is 0.250. The molecule has 2 aromatic carbocycles. The first-order valence-electron chi connectivity index (χ1n) is 8.68. The monoisotopic (exact) mass is 388 g/mol. The number of benzene rings is 2. The van der Waals surface area contributed by atoms with Gasteiger partial charge in [-0.2, -0.15) is 13.2 Å². The zero-order valence-corrected chi connectivity index (χ0v) is 15.6. The summed E-state index contributed by atoms with van der Waals surface area (Å²) in [6, 6.07) is 12.2. The van der Waals surface area contributed by atoms with E-state index in [9.17, 15) is 18.0 Å². The molecule has 0 saturated heterocycles. The molecule has 5 nitrogen and oxygen atoms in total. The zero-order valence-electron chi connectivity index (χ0n) is 15.6. The molecule has 1 aromatic heterocycles. The number of alkyl halides is 3. The molecule has 0 atom stereocenters. The lowest BCUT2D eigenvalue weighted by atomic mass is 10.0. The third kappa shape index (κ3) is 4.05. The molecule has 0 aliphatic heterocycles. The first-order chi connectivity index (χ1) is 13.2. The molecule has 0 aliphatic rings. The predicted molar refractivity (Wildman–Crippen MR) is 99.6 cm³/mol. The molecule has 1 amide bonds. The molecule has 1 N–H and O–H groups in total. The molecule has 146 valence electrons. The van der Waals surface area contributed by atoms with Gasteiger partial charge in [0.15, 0.2) is 5.69 Å². The first kappa shape index (κ1) is 19.6. The second-order valence-electron chi connectivity index (χ2n) is 6.71. The van der Waals surface area contributed by atoms with Crippen LogP contribution < -0.4 is 5.32 Å². The molecular formula is C20H19F3N4O. The van der Waals surface area contributed by atoms with Gasteiger partial charge in [0.05, 0.1) is 16.9 Å². The summed E-state index contributed by atoms with van der Waals surface area (Å²) in [6.07, 6.45) is -4.48. The Hall–Kier alpha value is -3.16. The van der Waals surface area contributed by atoms with Crippen LogP contribution in [-0.4, -0.2) is 20.9 Å². The summed E-state index contributed by atoms with van der Waals surface area (Å²) in [4.78, 5) is 12.5. The van der Waals surface area contributed by atoms with E-state index in [0.29, 0.717) is 11.6 Å². The van der Waals surface area contributed by atoms with Gasteiger partial charge < -0.3 is 5.32 Å². The van der Waals surface area contributed by atoms with E-state index >= 15 is 0 Å². The number of rotatable bonds is 4. The third-order valence-corrected chi connectivity index (χ3v) is 4.36. The molecule has 8 heteroatoms. The van der Waals surface area contributed by atoms with Gasteiger partial charge in [-0.25, -0.2) is 4.68 Å². The Labute approximate surface area is 160 Å². The summed E-state index contributed by atoms with van der Waals surface area (Å²) in [5, 5.41) is 10.3. The smallest absolute Gasteiger partial charge is 0.321 e. The number of hydrogen-bond donors (Lipinski definition) is 1. The molecular weight excluding hydrogens is 369 g/mol. The van der Waals surface area contributed by atoms with Gasteiger partial charge in [0, 0.05) is 5.69 Å². The molecule has 0 bridgehead atoms. The van der Waals surface area contributed by atoms with Crippen molar-refractivity contribution in [3.8, 4) is 5.69 Å². The largest absolute Gasteiger partial charge is 0.416 e. The van der Waals surface area contributed by atoms with Crippen molar-refractivity contribution in [1.29, 1.82) is 0 Å². The van der Waals surface area contributed by atoms with E-state index in [2.05, 4.69) is 29.5 Å². The normalized spacial score (nSPS) is 11.7. The zero-order chi connectivity index (χ0) is 20.5. The van der Waals surface area contributed by atoms with Crippen molar-refractivity contribution in [2.45, 2.75) is 32.9 Å². The van der Waals surface area contributed by atoms with Gasteiger partial charge in [0.1, 0.15) is 0 Å². The lowest BCUT2D eigenvalue weighted by molar-refractivity contribution is -0.137. The highest BCUT2D eigenvalue weighted by atomic mass is 19.4. The quantitative estimate of drug-likeness (QED) is 0.686. The maximum Gasteiger partial charge on any atom is 0.416 e. The highest BCUT2D eigenvalue weighted by Gasteiger charge is 2.30. The van der Waals surface area contributed by atoms with Crippen molar-refractivity contribution >= 4 is 11.6 Å². The third-order valence-electron chi connectivity index (χ3n) is 4.36. The predicted octanol–water partition coefficient (Wildman–Crippen LogP) is 4.97. The maximum absolute atomic E-state index is 12.8. The minimum absolute atomic E-state index is 0.0371. The number of carbonyl (C=O) groups is 1. The lowest BCUT2D eigenvalue weighted by Gasteiger charge is -2.10. The van der Waals surface area contributed by atoms with E-state index in [-0.39, 0.29) is 11.4 Å². The van der Waals surface area contributed by atoms with Gasteiger partial charge in [-0.1, -0.05) is 37.3 Å². The topological polar surface area (TPSA) is 59.8 Å². The number of aromatic nitrogens is 3. The minimum atomic E-state index is -4.48. The van der Waals surface area contributed by atoms with Crippen LogP contribution in [0.2, 0.25) is 0 Å². The Morgan fingerprint density at radius 2 is 1.79 bits per heavy atom. The molecule has 1 heterocycles. The van der Waals surface area contributed by atoms with Gasteiger partial charge in [-0.3, -0.25) is 4.79 Å². The van der Waals surface area contributed by atoms with Gasteiger partial charge in [-0.15, -0.1) is 5.10 Å². The van der Waals surface area contributed by atoms with Gasteiger partial charge in [-0.05, 0) is 48.7 Å². The number of nitrogens with one attached hydrogen (secondary N) is 1. The number of carbonyl (C=O) groups excluding carboxylic acids is 1. The van der Waals surface area contributed by atoms with Crippen molar-refractivity contribution in [1.82, 2.24) is 15.0 Å². The molecule has 28 heavy (non-hydrogen) atoms. The summed E-state index contributed by atoms with van der Waals surface area (Å²) < 4.78 is 40.0. The average Bonchev–Trinajstić information content (AvgIpc) is 3.03. The summed E-state index contributed by atoms with van der Waals surface area (Å²) in [6.45, 7) is 5.86. The summed E-state index contributed by atoms with van der Waals surface area (Å²) in [7, 11) is 0. The van der Waals surface area contributed by atoms with Crippen molar-refractivity contribution in [2.24, 2.45) is 0 Å². The fourth-order valence-corrected chi connectivity index (χ4v) is 2.75. The second kappa shape index (κ2) is 7.46. The SMILES string of the molecule is Cc1c(C(=O)Nc2cccc(C(F)(F)F)c2)nnn1-c1ccc(C(C)C)cc1. The van der Waals surface area contributed by atoms with Crippen LogP contribution >= 0.6 is 0 Å². The Kier molecular flexibility index (Phi) is 5.22. The summed E-state index contributed by atoms with van der Waals surface area (Å²) in [5.74, 6) is -0.235. The van der Waals surface area contributed by atoms with Crippen LogP contribution in [-0.2, 0) is 6.18 Å². The molecule has 0 unspecified atom stereocenters. The summed E-state index contributed by atoms with van der Waals surface area (Å²) >= 11 is 0. The Morgan fingerprint density at radius 3 is 2.39 bits per heavy atom.